The minimum atomic E-state index is -0.325. The van der Waals surface area contributed by atoms with Gasteiger partial charge in [0.25, 0.3) is 5.56 Å². The second-order valence-electron chi connectivity index (χ2n) is 4.56. The normalized spacial score (nSPS) is 13.4. The first-order valence-corrected chi connectivity index (χ1v) is 7.32. The third kappa shape index (κ3) is 2.59. The second-order valence-corrected chi connectivity index (χ2v) is 5.57. The summed E-state index contributed by atoms with van der Waals surface area (Å²) in [7, 11) is 0. The lowest BCUT2D eigenvalue weighted by molar-refractivity contribution is 0.914. The molecule has 7 nitrogen and oxygen atoms in total. The first kappa shape index (κ1) is 14.6. The number of aromatic amines is 1. The van der Waals surface area contributed by atoms with Crippen molar-refractivity contribution in [2.75, 3.05) is 10.6 Å². The highest BCUT2D eigenvalue weighted by Crippen LogP contribution is 2.43. The molecule has 0 bridgehead atoms. The van der Waals surface area contributed by atoms with Gasteiger partial charge < -0.3 is 10.6 Å². The molecule has 1 aromatic carbocycles. The predicted octanol–water partition coefficient (Wildman–Crippen LogP) is 2.03. The van der Waals surface area contributed by atoms with Crippen LogP contribution in [-0.2, 0) is 0 Å². The predicted molar refractivity (Wildman–Crippen MR) is 88.5 cm³/mol. The van der Waals surface area contributed by atoms with Crippen molar-refractivity contribution in [1.82, 2.24) is 9.78 Å². The summed E-state index contributed by atoms with van der Waals surface area (Å²) in [6.45, 7) is 0. The first-order chi connectivity index (χ1) is 11.1. The number of hydrogen-bond acceptors (Lipinski definition) is 6. The van der Waals surface area contributed by atoms with E-state index in [-0.39, 0.29) is 17.0 Å². The summed E-state index contributed by atoms with van der Waals surface area (Å²) in [6, 6.07) is 14.4. The standard InChI is InChI=1S/C15H10N6OS/c16-7-10(8-17)15-20(11-4-2-1-3-5-11)9-14(23-15)21-12(18)6-13(22)19-21/h1-6,9H,18H2,(H,19,22). The summed E-state index contributed by atoms with van der Waals surface area (Å²) < 4.78 is 1.42. The lowest BCUT2D eigenvalue weighted by atomic mass is 10.3. The number of aromatic nitrogens is 2. The van der Waals surface area contributed by atoms with E-state index in [2.05, 4.69) is 5.10 Å². The minimum absolute atomic E-state index is 0.0156. The third-order valence-electron chi connectivity index (χ3n) is 3.11. The Morgan fingerprint density at radius 1 is 1.22 bits per heavy atom. The number of rotatable bonds is 2. The van der Waals surface area contributed by atoms with Gasteiger partial charge in [-0.1, -0.05) is 18.2 Å². The summed E-state index contributed by atoms with van der Waals surface area (Å²) >= 11 is 1.19. The lowest BCUT2D eigenvalue weighted by Crippen LogP contribution is -2.11. The maximum Gasteiger partial charge on any atom is 0.266 e. The number of thioether (sulfide) groups is 1. The van der Waals surface area contributed by atoms with Gasteiger partial charge in [-0.3, -0.25) is 9.89 Å². The SMILES string of the molecule is N#CC(C#N)=C1SC(n2[nH]c(=O)cc2N)=CN1c1ccccc1. The van der Waals surface area contributed by atoms with Gasteiger partial charge in [0, 0.05) is 18.0 Å². The number of anilines is 2. The molecule has 23 heavy (non-hydrogen) atoms. The van der Waals surface area contributed by atoms with Crippen LogP contribution in [0, 0.1) is 22.7 Å². The summed E-state index contributed by atoms with van der Waals surface area (Å²) in [5, 5.41) is 22.0. The van der Waals surface area contributed by atoms with Gasteiger partial charge in [0.05, 0.1) is 0 Å². The molecule has 0 unspecified atom stereocenters. The number of nitrogens with two attached hydrogens (primary N) is 1. The summed E-state index contributed by atoms with van der Waals surface area (Å²) in [6.07, 6.45) is 1.72. The zero-order valence-corrected chi connectivity index (χ0v) is 12.5. The van der Waals surface area contributed by atoms with Crippen LogP contribution in [0.1, 0.15) is 0 Å². The van der Waals surface area contributed by atoms with E-state index >= 15 is 0 Å². The van der Waals surface area contributed by atoms with E-state index < -0.39 is 0 Å². The molecule has 0 saturated carbocycles. The molecule has 8 heteroatoms. The quantitative estimate of drug-likeness (QED) is 0.817. The zero-order chi connectivity index (χ0) is 16.4. The number of hydrogen-bond donors (Lipinski definition) is 2. The molecule has 1 aromatic heterocycles. The Kier molecular flexibility index (Phi) is 3.67. The van der Waals surface area contributed by atoms with Crippen LogP contribution in [0.4, 0.5) is 11.5 Å². The van der Waals surface area contributed by atoms with Crippen molar-refractivity contribution >= 4 is 28.3 Å². The highest BCUT2D eigenvalue weighted by molar-refractivity contribution is 8.11. The molecule has 0 radical (unpaired) electrons. The van der Waals surface area contributed by atoms with Crippen LogP contribution in [0.25, 0.3) is 5.03 Å². The van der Waals surface area contributed by atoms with Crippen molar-refractivity contribution in [2.45, 2.75) is 0 Å². The maximum atomic E-state index is 11.4. The van der Waals surface area contributed by atoms with Gasteiger partial charge in [-0.05, 0) is 23.9 Å². The summed E-state index contributed by atoms with van der Waals surface area (Å²) in [4.78, 5) is 13.1. The zero-order valence-electron chi connectivity index (χ0n) is 11.7. The highest BCUT2D eigenvalue weighted by Gasteiger charge is 2.26. The molecule has 2 aromatic rings. The van der Waals surface area contributed by atoms with Crippen molar-refractivity contribution in [2.24, 2.45) is 0 Å². The number of benzene rings is 1. The van der Waals surface area contributed by atoms with E-state index in [1.165, 1.54) is 22.5 Å². The maximum absolute atomic E-state index is 11.4. The van der Waals surface area contributed by atoms with Gasteiger partial charge in [0.2, 0.25) is 0 Å². The van der Waals surface area contributed by atoms with Gasteiger partial charge in [0.15, 0.2) is 5.57 Å². The topological polar surface area (TPSA) is 115 Å². The van der Waals surface area contributed by atoms with Crippen molar-refractivity contribution < 1.29 is 0 Å². The van der Waals surface area contributed by atoms with Gasteiger partial charge >= 0.3 is 0 Å². The molecule has 2 heterocycles. The molecule has 112 valence electrons. The fourth-order valence-electron chi connectivity index (χ4n) is 2.11. The molecular formula is C15H10N6OS. The largest absolute Gasteiger partial charge is 0.384 e. The highest BCUT2D eigenvalue weighted by atomic mass is 32.2. The van der Waals surface area contributed by atoms with Crippen molar-refractivity contribution in [3.63, 3.8) is 0 Å². The van der Waals surface area contributed by atoms with Crippen LogP contribution >= 0.6 is 11.8 Å². The van der Waals surface area contributed by atoms with Crippen molar-refractivity contribution in [3.05, 3.63) is 63.6 Å². The Morgan fingerprint density at radius 3 is 2.48 bits per heavy atom. The number of nitrogens with zero attached hydrogens (tertiary/aromatic N) is 4. The van der Waals surface area contributed by atoms with E-state index in [9.17, 15) is 15.3 Å². The molecule has 0 spiro atoms. The number of para-hydroxylation sites is 1. The van der Waals surface area contributed by atoms with Gasteiger partial charge in [-0.25, -0.2) is 4.68 Å². The number of nitrogen functional groups attached to an aromatic ring is 1. The number of H-pyrrole nitrogens is 1. The van der Waals surface area contributed by atoms with Gasteiger partial charge in [-0.2, -0.15) is 10.5 Å². The number of allylic oxidation sites excluding steroid dienone is 1. The van der Waals surface area contributed by atoms with Crippen LogP contribution < -0.4 is 16.2 Å². The number of nitrogens with one attached hydrogen (secondary N) is 1. The Labute approximate surface area is 135 Å². The van der Waals surface area contributed by atoms with Crippen molar-refractivity contribution in [3.8, 4) is 12.1 Å². The Morgan fingerprint density at radius 2 is 1.91 bits per heavy atom. The Balaban J connectivity index is 2.14. The lowest BCUT2D eigenvalue weighted by Gasteiger charge is -2.16. The molecule has 0 atom stereocenters. The monoisotopic (exact) mass is 322 g/mol. The summed E-state index contributed by atoms with van der Waals surface area (Å²) in [5.41, 5.74) is 6.26. The molecule has 1 aliphatic rings. The Hall–Kier alpha value is -3.36. The molecule has 1 aliphatic heterocycles. The van der Waals surface area contributed by atoms with Crippen molar-refractivity contribution in [1.29, 1.82) is 10.5 Å². The van der Waals surface area contributed by atoms with E-state index in [0.29, 0.717) is 10.1 Å². The fourth-order valence-corrected chi connectivity index (χ4v) is 3.16. The average Bonchev–Trinajstić information content (AvgIpc) is 3.13. The van der Waals surface area contributed by atoms with Crippen LogP contribution in [0.5, 0.6) is 0 Å². The molecular weight excluding hydrogens is 312 g/mol. The molecule has 3 rings (SSSR count). The molecule has 0 amide bonds. The van der Waals surface area contributed by atoms with Crippen LogP contribution in [0.3, 0.4) is 0 Å². The number of nitriles is 2. The Bertz CT molecular complexity index is 938. The fraction of sp³-hybridized carbons (Fsp3) is 0. The summed E-state index contributed by atoms with van der Waals surface area (Å²) in [5.74, 6) is 0.249. The smallest absolute Gasteiger partial charge is 0.266 e. The molecule has 3 N–H and O–H groups in total. The average molecular weight is 322 g/mol. The minimum Gasteiger partial charge on any atom is -0.384 e. The van der Waals surface area contributed by atoms with Crippen LogP contribution in [0.15, 0.2) is 58.0 Å². The van der Waals surface area contributed by atoms with E-state index in [4.69, 9.17) is 5.73 Å². The van der Waals surface area contributed by atoms with E-state index in [0.717, 1.165) is 5.69 Å². The van der Waals surface area contributed by atoms with Crippen LogP contribution in [0.2, 0.25) is 0 Å². The molecule has 0 saturated heterocycles. The first-order valence-electron chi connectivity index (χ1n) is 6.50. The van der Waals surface area contributed by atoms with Crippen LogP contribution in [-0.4, -0.2) is 9.78 Å². The van der Waals surface area contributed by atoms with E-state index in [1.807, 2.05) is 42.5 Å². The van der Waals surface area contributed by atoms with Gasteiger partial charge in [-0.15, -0.1) is 0 Å². The molecule has 0 aliphatic carbocycles. The second kappa shape index (κ2) is 5.79. The van der Waals surface area contributed by atoms with Gasteiger partial charge in [0.1, 0.15) is 28.0 Å². The third-order valence-corrected chi connectivity index (χ3v) is 4.20. The van der Waals surface area contributed by atoms with E-state index in [1.54, 1.807) is 11.1 Å². The molecule has 0 fully saturated rings.